The van der Waals surface area contributed by atoms with Gasteiger partial charge in [0.05, 0.1) is 11.4 Å². The summed E-state index contributed by atoms with van der Waals surface area (Å²) < 4.78 is 4.47. The van der Waals surface area contributed by atoms with Crippen LogP contribution in [-0.2, 0) is 20.1 Å². The van der Waals surface area contributed by atoms with Gasteiger partial charge in [0.1, 0.15) is 0 Å². The number of hydrogen-bond donors (Lipinski definition) is 0. The van der Waals surface area contributed by atoms with Crippen molar-refractivity contribution in [3.63, 3.8) is 0 Å². The second-order valence-electron chi connectivity index (χ2n) is 6.06. The molecule has 3 aromatic rings. The van der Waals surface area contributed by atoms with Gasteiger partial charge in [0.25, 0.3) is 0 Å². The summed E-state index contributed by atoms with van der Waals surface area (Å²) in [5.41, 5.74) is 4.06. The number of thiazole rings is 1. The maximum Gasteiger partial charge on any atom is 0.194 e. The second-order valence-corrected chi connectivity index (χ2v) is 6.93. The maximum atomic E-state index is 4.85. The smallest absolute Gasteiger partial charge is 0.194 e. The molecule has 0 N–H and O–H groups in total. The summed E-state index contributed by atoms with van der Waals surface area (Å²) >= 11 is 1.73. The van der Waals surface area contributed by atoms with Crippen molar-refractivity contribution < 1.29 is 0 Å². The van der Waals surface area contributed by atoms with E-state index < -0.39 is 0 Å². The van der Waals surface area contributed by atoms with E-state index in [1.54, 1.807) is 11.3 Å². The number of fused-ring (bicyclic) bond motifs is 1. The minimum atomic E-state index is 0.704. The number of imidazole rings is 1. The second kappa shape index (κ2) is 5.00. The van der Waals surface area contributed by atoms with E-state index in [-0.39, 0.29) is 0 Å². The van der Waals surface area contributed by atoms with Crippen LogP contribution in [0.2, 0.25) is 0 Å². The maximum absolute atomic E-state index is 4.85. The molecule has 0 bridgehead atoms. The van der Waals surface area contributed by atoms with Gasteiger partial charge in [-0.05, 0) is 32.0 Å². The van der Waals surface area contributed by atoms with Gasteiger partial charge < -0.3 is 4.57 Å². The molecular weight excluding hydrogens is 280 g/mol. The molecule has 3 heterocycles. The van der Waals surface area contributed by atoms with Crippen molar-refractivity contribution in [2.24, 2.45) is 7.05 Å². The Hall–Kier alpha value is -1.59. The summed E-state index contributed by atoms with van der Waals surface area (Å²) in [4.78, 5) is 8.37. The Bertz CT molecular complexity index is 762. The lowest BCUT2D eigenvalue weighted by Crippen LogP contribution is -2.20. The number of nitrogens with zero attached hydrogens (tertiary/aromatic N) is 4. The third-order valence-electron chi connectivity index (χ3n) is 4.26. The van der Waals surface area contributed by atoms with Crippen LogP contribution in [-0.4, -0.2) is 25.9 Å². The zero-order valence-electron chi connectivity index (χ0n) is 12.5. The fourth-order valence-electron chi connectivity index (χ4n) is 2.94. The van der Waals surface area contributed by atoms with Crippen LogP contribution in [0, 0.1) is 0 Å². The van der Waals surface area contributed by atoms with Crippen LogP contribution in [0.15, 0.2) is 29.9 Å². The number of rotatable bonds is 5. The quantitative estimate of drug-likeness (QED) is 0.723. The minimum Gasteiger partial charge on any atom is -0.353 e. The van der Waals surface area contributed by atoms with Gasteiger partial charge in [-0.1, -0.05) is 0 Å². The van der Waals surface area contributed by atoms with E-state index in [9.17, 15) is 0 Å². The Balaban J connectivity index is 1.59. The SMILES string of the molecule is CN(Cc1cccn1C)Cc1c(C2CC2)nc2sccn12. The normalized spacial score (nSPS) is 15.4. The standard InChI is InChI=1S/C16H20N4S/c1-18(10-13-4-3-7-19(13)2)11-14-15(12-5-6-12)17-16-20(14)8-9-21-16/h3-4,7-9,12H,5-6,10-11H2,1-2H3. The van der Waals surface area contributed by atoms with Crippen LogP contribution >= 0.6 is 11.3 Å². The number of aromatic nitrogens is 3. The number of hydrogen-bond acceptors (Lipinski definition) is 3. The van der Waals surface area contributed by atoms with Gasteiger partial charge in [0.2, 0.25) is 0 Å². The van der Waals surface area contributed by atoms with Crippen LogP contribution in [0.5, 0.6) is 0 Å². The monoisotopic (exact) mass is 300 g/mol. The fourth-order valence-corrected chi connectivity index (χ4v) is 3.68. The highest BCUT2D eigenvalue weighted by atomic mass is 32.1. The van der Waals surface area contributed by atoms with E-state index >= 15 is 0 Å². The van der Waals surface area contributed by atoms with E-state index in [0.29, 0.717) is 5.92 Å². The van der Waals surface area contributed by atoms with Crippen molar-refractivity contribution in [3.8, 4) is 0 Å². The Morgan fingerprint density at radius 2 is 2.19 bits per heavy atom. The van der Waals surface area contributed by atoms with E-state index in [2.05, 4.69) is 57.9 Å². The highest BCUT2D eigenvalue weighted by Gasteiger charge is 2.30. The van der Waals surface area contributed by atoms with E-state index in [0.717, 1.165) is 18.1 Å². The van der Waals surface area contributed by atoms with Crippen LogP contribution in [0.4, 0.5) is 0 Å². The lowest BCUT2D eigenvalue weighted by Gasteiger charge is -2.17. The predicted molar refractivity (Wildman–Crippen MR) is 85.6 cm³/mol. The average molecular weight is 300 g/mol. The molecule has 110 valence electrons. The summed E-state index contributed by atoms with van der Waals surface area (Å²) in [6, 6.07) is 4.30. The Labute approximate surface area is 128 Å². The van der Waals surface area contributed by atoms with Gasteiger partial charge in [-0.2, -0.15) is 0 Å². The minimum absolute atomic E-state index is 0.704. The first-order valence-corrected chi connectivity index (χ1v) is 8.33. The summed E-state index contributed by atoms with van der Waals surface area (Å²) in [5, 5.41) is 2.12. The fraction of sp³-hybridized carbons (Fsp3) is 0.438. The van der Waals surface area contributed by atoms with Crippen molar-refractivity contribution in [1.82, 2.24) is 18.9 Å². The molecule has 0 atom stereocenters. The molecule has 21 heavy (non-hydrogen) atoms. The Morgan fingerprint density at radius 3 is 2.90 bits per heavy atom. The van der Waals surface area contributed by atoms with Crippen molar-refractivity contribution in [2.45, 2.75) is 31.8 Å². The van der Waals surface area contributed by atoms with Gasteiger partial charge >= 0.3 is 0 Å². The third-order valence-corrected chi connectivity index (χ3v) is 5.02. The highest BCUT2D eigenvalue weighted by molar-refractivity contribution is 7.15. The van der Waals surface area contributed by atoms with Crippen LogP contribution in [0.1, 0.15) is 35.8 Å². The summed E-state index contributed by atoms with van der Waals surface area (Å²) in [7, 11) is 4.30. The van der Waals surface area contributed by atoms with Crippen LogP contribution in [0.25, 0.3) is 4.96 Å². The Kier molecular flexibility index (Phi) is 3.12. The van der Waals surface area contributed by atoms with E-state index in [4.69, 9.17) is 4.98 Å². The third kappa shape index (κ3) is 2.40. The molecule has 0 unspecified atom stereocenters. The molecule has 1 aliphatic carbocycles. The first-order valence-electron chi connectivity index (χ1n) is 7.45. The van der Waals surface area contributed by atoms with Crippen LogP contribution in [0.3, 0.4) is 0 Å². The topological polar surface area (TPSA) is 25.5 Å². The predicted octanol–water partition coefficient (Wildman–Crippen LogP) is 3.24. The zero-order chi connectivity index (χ0) is 14.4. The van der Waals surface area contributed by atoms with Crippen molar-refractivity contribution in [2.75, 3.05) is 7.05 Å². The van der Waals surface area contributed by atoms with Gasteiger partial charge in [-0.3, -0.25) is 9.30 Å². The lowest BCUT2D eigenvalue weighted by molar-refractivity contribution is 0.306. The molecule has 0 aliphatic heterocycles. The summed E-state index contributed by atoms with van der Waals surface area (Å²) in [5.74, 6) is 0.704. The summed E-state index contributed by atoms with van der Waals surface area (Å²) in [6.07, 6.45) is 6.87. The number of aryl methyl sites for hydroxylation is 1. The van der Waals surface area contributed by atoms with Crippen LogP contribution < -0.4 is 0 Å². The molecule has 4 nitrogen and oxygen atoms in total. The highest BCUT2D eigenvalue weighted by Crippen LogP contribution is 2.42. The van der Waals surface area contributed by atoms with Crippen molar-refractivity contribution >= 4 is 16.3 Å². The molecule has 1 fully saturated rings. The first-order chi connectivity index (χ1) is 10.2. The van der Waals surface area contributed by atoms with E-state index in [1.165, 1.54) is 29.9 Å². The first kappa shape index (κ1) is 13.1. The average Bonchev–Trinajstić information content (AvgIpc) is 2.91. The van der Waals surface area contributed by atoms with Crippen molar-refractivity contribution in [3.05, 3.63) is 47.0 Å². The molecule has 5 heteroatoms. The molecule has 4 rings (SSSR count). The zero-order valence-corrected chi connectivity index (χ0v) is 13.3. The molecule has 1 aliphatic rings. The molecule has 0 aromatic carbocycles. The van der Waals surface area contributed by atoms with Gasteiger partial charge in [-0.15, -0.1) is 11.3 Å². The van der Waals surface area contributed by atoms with Crippen molar-refractivity contribution in [1.29, 1.82) is 0 Å². The Morgan fingerprint density at radius 1 is 1.33 bits per heavy atom. The molecule has 0 amide bonds. The van der Waals surface area contributed by atoms with Gasteiger partial charge in [0, 0.05) is 49.5 Å². The molecule has 0 radical (unpaired) electrons. The molecule has 3 aromatic heterocycles. The molecular formula is C16H20N4S. The summed E-state index contributed by atoms with van der Waals surface area (Å²) in [6.45, 7) is 1.92. The van der Waals surface area contributed by atoms with E-state index in [1.807, 2.05) is 0 Å². The van der Waals surface area contributed by atoms with Gasteiger partial charge in [0.15, 0.2) is 4.96 Å². The lowest BCUT2D eigenvalue weighted by atomic mass is 10.2. The van der Waals surface area contributed by atoms with Gasteiger partial charge in [-0.25, -0.2) is 4.98 Å². The molecule has 1 saturated carbocycles. The molecule has 0 saturated heterocycles. The largest absolute Gasteiger partial charge is 0.353 e. The molecule has 0 spiro atoms.